The van der Waals surface area contributed by atoms with Crippen LogP contribution in [-0.2, 0) is 22.6 Å². The smallest absolute Gasteiger partial charge is 0.259 e. The van der Waals surface area contributed by atoms with E-state index in [-0.39, 0.29) is 30.8 Å². The number of carbonyl (C=O) groups is 3. The monoisotopic (exact) mass is 505 g/mol. The van der Waals surface area contributed by atoms with Gasteiger partial charge in [0.05, 0.1) is 5.69 Å². The zero-order valence-corrected chi connectivity index (χ0v) is 21.7. The Morgan fingerprint density at radius 2 is 1.61 bits per heavy atom. The van der Waals surface area contributed by atoms with Crippen molar-refractivity contribution in [2.45, 2.75) is 32.9 Å². The van der Waals surface area contributed by atoms with Crippen molar-refractivity contribution in [1.29, 1.82) is 0 Å². The summed E-state index contributed by atoms with van der Waals surface area (Å²) in [7, 11) is 0. The summed E-state index contributed by atoms with van der Waals surface area (Å²) in [4.78, 5) is 44.1. The van der Waals surface area contributed by atoms with Gasteiger partial charge in [-0.05, 0) is 48.1 Å². The molecule has 3 amide bonds. The minimum Gasteiger partial charge on any atom is -0.355 e. The maximum Gasteiger partial charge on any atom is 0.259 e. The third-order valence-electron chi connectivity index (χ3n) is 7.17. The van der Waals surface area contributed by atoms with Crippen molar-refractivity contribution >= 4 is 34.2 Å². The molecule has 0 radical (unpaired) electrons. The average molecular weight is 506 g/mol. The SMILES string of the molecule is CCNC(=O)[C@@H](Cc1ccccc1)N(Cc1ccccc1C)C(=O)CN1C(=O)c2cccc3cccc1c23. The van der Waals surface area contributed by atoms with E-state index in [1.807, 2.05) is 98.8 Å². The quantitative estimate of drug-likeness (QED) is 0.352. The Morgan fingerprint density at radius 3 is 2.34 bits per heavy atom. The number of aryl methyl sites for hydroxylation is 1. The Hall–Kier alpha value is -4.45. The van der Waals surface area contributed by atoms with Crippen LogP contribution in [0.2, 0.25) is 0 Å². The number of hydrogen-bond donors (Lipinski definition) is 1. The summed E-state index contributed by atoms with van der Waals surface area (Å²) in [6, 6.07) is 28.2. The van der Waals surface area contributed by atoms with Gasteiger partial charge in [-0.1, -0.05) is 78.9 Å². The highest BCUT2D eigenvalue weighted by atomic mass is 16.2. The highest BCUT2D eigenvalue weighted by Crippen LogP contribution is 2.37. The van der Waals surface area contributed by atoms with E-state index in [0.717, 1.165) is 33.2 Å². The zero-order chi connectivity index (χ0) is 26.6. The molecule has 0 unspecified atom stereocenters. The van der Waals surface area contributed by atoms with Gasteiger partial charge in [0.2, 0.25) is 11.8 Å². The first-order valence-electron chi connectivity index (χ1n) is 13.0. The molecule has 192 valence electrons. The lowest BCUT2D eigenvalue weighted by atomic mass is 10.0. The maximum absolute atomic E-state index is 14.1. The minimum absolute atomic E-state index is 0.150. The van der Waals surface area contributed by atoms with Crippen molar-refractivity contribution in [3.05, 3.63) is 113 Å². The third kappa shape index (κ3) is 4.90. The van der Waals surface area contributed by atoms with Crippen molar-refractivity contribution in [3.63, 3.8) is 0 Å². The van der Waals surface area contributed by atoms with Gasteiger partial charge in [0.1, 0.15) is 12.6 Å². The topological polar surface area (TPSA) is 69.7 Å². The molecular formula is C32H31N3O3. The van der Waals surface area contributed by atoms with Crippen LogP contribution in [0.3, 0.4) is 0 Å². The lowest BCUT2D eigenvalue weighted by molar-refractivity contribution is -0.140. The number of anilines is 1. The van der Waals surface area contributed by atoms with E-state index < -0.39 is 6.04 Å². The molecule has 4 aromatic carbocycles. The molecule has 1 N–H and O–H groups in total. The number of nitrogens with zero attached hydrogens (tertiary/aromatic N) is 2. The van der Waals surface area contributed by atoms with Crippen LogP contribution in [0.5, 0.6) is 0 Å². The predicted molar refractivity (Wildman–Crippen MR) is 150 cm³/mol. The van der Waals surface area contributed by atoms with Gasteiger partial charge in [-0.2, -0.15) is 0 Å². The van der Waals surface area contributed by atoms with Crippen molar-refractivity contribution in [2.24, 2.45) is 0 Å². The van der Waals surface area contributed by atoms with E-state index in [9.17, 15) is 14.4 Å². The summed E-state index contributed by atoms with van der Waals surface area (Å²) in [5, 5.41) is 4.75. The fraction of sp³-hybridized carbons (Fsp3) is 0.219. The Bertz CT molecular complexity index is 1490. The molecule has 0 fully saturated rings. The Balaban J connectivity index is 1.51. The summed E-state index contributed by atoms with van der Waals surface area (Å²) < 4.78 is 0. The maximum atomic E-state index is 14.1. The first-order chi connectivity index (χ1) is 18.5. The van der Waals surface area contributed by atoms with Crippen molar-refractivity contribution in [2.75, 3.05) is 18.0 Å². The van der Waals surface area contributed by atoms with Crippen LogP contribution >= 0.6 is 0 Å². The summed E-state index contributed by atoms with van der Waals surface area (Å²) >= 11 is 0. The van der Waals surface area contributed by atoms with Crippen LogP contribution in [-0.4, -0.2) is 41.8 Å². The van der Waals surface area contributed by atoms with Gasteiger partial charge in [-0.3, -0.25) is 19.3 Å². The number of likely N-dealkylation sites (N-methyl/N-ethyl adjacent to an activating group) is 1. The van der Waals surface area contributed by atoms with Crippen LogP contribution in [0.1, 0.15) is 34.0 Å². The number of hydrogen-bond acceptors (Lipinski definition) is 3. The molecule has 6 nitrogen and oxygen atoms in total. The second-order valence-corrected chi connectivity index (χ2v) is 9.62. The second-order valence-electron chi connectivity index (χ2n) is 9.62. The molecule has 1 aliphatic heterocycles. The standard InChI is InChI=1S/C32H31N3O3/c1-3-33-31(37)28(19-23-12-5-4-6-13-23)34(20-25-14-8-7-11-22(25)2)29(36)21-35-27-18-10-16-24-15-9-17-26(30(24)27)32(35)38/h4-18,28H,3,19-21H2,1-2H3,(H,33,37)/t28-/m1/s1. The van der Waals surface area contributed by atoms with Crippen LogP contribution in [0.25, 0.3) is 10.8 Å². The molecule has 1 atom stereocenters. The lowest BCUT2D eigenvalue weighted by Gasteiger charge is -2.33. The molecule has 0 saturated heterocycles. The number of rotatable bonds is 9. The van der Waals surface area contributed by atoms with Gasteiger partial charge in [0.15, 0.2) is 0 Å². The minimum atomic E-state index is -0.736. The predicted octanol–water partition coefficient (Wildman–Crippen LogP) is 4.88. The highest BCUT2D eigenvalue weighted by molar-refractivity contribution is 6.26. The average Bonchev–Trinajstić information content (AvgIpc) is 3.20. The first-order valence-corrected chi connectivity index (χ1v) is 13.0. The van der Waals surface area contributed by atoms with Crippen LogP contribution < -0.4 is 10.2 Å². The normalized spacial score (nSPS) is 13.0. The second kappa shape index (κ2) is 10.9. The number of benzene rings is 4. The zero-order valence-electron chi connectivity index (χ0n) is 21.7. The lowest BCUT2D eigenvalue weighted by Crippen LogP contribution is -2.53. The molecule has 1 aliphatic rings. The largest absolute Gasteiger partial charge is 0.355 e. The van der Waals surface area contributed by atoms with Crippen molar-refractivity contribution in [1.82, 2.24) is 10.2 Å². The van der Waals surface area contributed by atoms with E-state index in [2.05, 4.69) is 5.32 Å². The van der Waals surface area contributed by atoms with E-state index >= 15 is 0 Å². The van der Waals surface area contributed by atoms with Gasteiger partial charge < -0.3 is 10.2 Å². The first kappa shape index (κ1) is 25.2. The fourth-order valence-electron chi connectivity index (χ4n) is 5.18. The number of amides is 3. The van der Waals surface area contributed by atoms with Gasteiger partial charge in [-0.15, -0.1) is 0 Å². The van der Waals surface area contributed by atoms with Gasteiger partial charge >= 0.3 is 0 Å². The molecule has 1 heterocycles. The molecule has 6 heteroatoms. The van der Waals surface area contributed by atoms with Gasteiger partial charge in [0, 0.05) is 30.5 Å². The summed E-state index contributed by atoms with van der Waals surface area (Å²) in [6.07, 6.45) is 0.369. The van der Waals surface area contributed by atoms with E-state index in [0.29, 0.717) is 18.5 Å². The van der Waals surface area contributed by atoms with Crippen molar-refractivity contribution in [3.8, 4) is 0 Å². The van der Waals surface area contributed by atoms with E-state index in [1.54, 1.807) is 15.9 Å². The van der Waals surface area contributed by atoms with Crippen LogP contribution in [0, 0.1) is 6.92 Å². The Labute approximate surface area is 222 Å². The van der Waals surface area contributed by atoms with Crippen molar-refractivity contribution < 1.29 is 14.4 Å². The Morgan fingerprint density at radius 1 is 0.895 bits per heavy atom. The molecule has 0 aliphatic carbocycles. The van der Waals surface area contributed by atoms with Gasteiger partial charge in [0.25, 0.3) is 5.91 Å². The number of carbonyl (C=O) groups excluding carboxylic acids is 3. The molecule has 38 heavy (non-hydrogen) atoms. The van der Waals surface area contributed by atoms with Crippen LogP contribution in [0.15, 0.2) is 91.0 Å². The molecule has 0 spiro atoms. The molecule has 5 rings (SSSR count). The molecule has 0 aromatic heterocycles. The van der Waals surface area contributed by atoms with Crippen LogP contribution in [0.4, 0.5) is 5.69 Å². The highest BCUT2D eigenvalue weighted by Gasteiger charge is 2.35. The summed E-state index contributed by atoms with van der Waals surface area (Å²) in [5.74, 6) is -0.686. The summed E-state index contributed by atoms with van der Waals surface area (Å²) in [5.41, 5.74) is 4.28. The molecule has 0 bridgehead atoms. The van der Waals surface area contributed by atoms with E-state index in [4.69, 9.17) is 0 Å². The number of nitrogens with one attached hydrogen (secondary N) is 1. The van der Waals surface area contributed by atoms with E-state index in [1.165, 1.54) is 0 Å². The molecular weight excluding hydrogens is 474 g/mol. The molecule has 4 aromatic rings. The van der Waals surface area contributed by atoms with Gasteiger partial charge in [-0.25, -0.2) is 0 Å². The molecule has 0 saturated carbocycles. The summed E-state index contributed by atoms with van der Waals surface area (Å²) in [6.45, 7) is 4.43. The fourth-order valence-corrected chi connectivity index (χ4v) is 5.18. The third-order valence-corrected chi connectivity index (χ3v) is 7.17. The Kier molecular flexibility index (Phi) is 7.22.